The van der Waals surface area contributed by atoms with Gasteiger partial charge in [-0.2, -0.15) is 0 Å². The smallest absolute Gasteiger partial charge is 0.338 e. The first-order valence-electron chi connectivity index (χ1n) is 8.57. The van der Waals surface area contributed by atoms with Crippen molar-refractivity contribution in [1.29, 1.82) is 0 Å². The molecule has 0 radical (unpaired) electrons. The number of carbonyl (C=O) groups excluding carboxylic acids is 1. The van der Waals surface area contributed by atoms with Crippen LogP contribution in [0.15, 0.2) is 29.3 Å². The van der Waals surface area contributed by atoms with Crippen molar-refractivity contribution in [3.63, 3.8) is 0 Å². The average Bonchev–Trinajstić information content (AvgIpc) is 2.60. The number of nitrogens with zero attached hydrogens (tertiary/aromatic N) is 1. The van der Waals surface area contributed by atoms with Crippen molar-refractivity contribution in [3.8, 4) is 0 Å². The summed E-state index contributed by atoms with van der Waals surface area (Å²) in [6.45, 7) is 9.86. The first kappa shape index (κ1) is 23.6. The van der Waals surface area contributed by atoms with E-state index in [9.17, 15) is 4.79 Å². The Balaban J connectivity index is 0.00000576. The third-order valence-electron chi connectivity index (χ3n) is 3.19. The molecule has 6 nitrogen and oxygen atoms in total. The summed E-state index contributed by atoms with van der Waals surface area (Å²) in [6.07, 6.45) is 0.937. The normalized spacial score (nSPS) is 10.8. The second kappa shape index (κ2) is 14.9. The lowest BCUT2D eigenvalue weighted by atomic mass is 10.1. The summed E-state index contributed by atoms with van der Waals surface area (Å²) in [7, 11) is 0. The zero-order chi connectivity index (χ0) is 17.6. The largest absolute Gasteiger partial charge is 0.462 e. The van der Waals surface area contributed by atoms with Crippen LogP contribution in [0.4, 0.5) is 0 Å². The number of rotatable bonds is 10. The van der Waals surface area contributed by atoms with Gasteiger partial charge in [-0.05, 0) is 44.9 Å². The Bertz CT molecular complexity index is 507. The van der Waals surface area contributed by atoms with E-state index in [1.54, 1.807) is 19.1 Å². The Morgan fingerprint density at radius 1 is 1.08 bits per heavy atom. The van der Waals surface area contributed by atoms with E-state index < -0.39 is 0 Å². The predicted molar refractivity (Wildman–Crippen MR) is 112 cm³/mol. The molecule has 0 bridgehead atoms. The average molecular weight is 463 g/mol. The molecule has 0 aliphatic carbocycles. The number of hydrogen-bond donors (Lipinski definition) is 2. The molecular weight excluding hydrogens is 433 g/mol. The molecule has 0 aromatic heterocycles. The van der Waals surface area contributed by atoms with Crippen molar-refractivity contribution in [2.75, 3.05) is 32.9 Å². The number of esters is 1. The number of guanidine groups is 1. The number of halogens is 1. The maximum Gasteiger partial charge on any atom is 0.338 e. The molecule has 1 rings (SSSR count). The Hall–Kier alpha value is -1.35. The summed E-state index contributed by atoms with van der Waals surface area (Å²) in [5.74, 6) is 0.486. The molecule has 2 N–H and O–H groups in total. The first-order chi connectivity index (χ1) is 11.7. The standard InChI is InChI=1S/C18H29N3O3.HI/c1-4-19-18(20-12-7-13-23-5-2)21-14-15-8-10-16(11-9-15)17(22)24-6-3;/h8-11H,4-7,12-14H2,1-3H3,(H2,19,20,21);1H. The summed E-state index contributed by atoms with van der Waals surface area (Å²) in [5, 5.41) is 6.50. The van der Waals surface area contributed by atoms with Crippen molar-refractivity contribution in [2.45, 2.75) is 33.7 Å². The molecule has 25 heavy (non-hydrogen) atoms. The van der Waals surface area contributed by atoms with Crippen LogP contribution >= 0.6 is 24.0 Å². The van der Waals surface area contributed by atoms with Crippen LogP contribution in [0.2, 0.25) is 0 Å². The van der Waals surface area contributed by atoms with Gasteiger partial charge in [0.05, 0.1) is 18.7 Å². The monoisotopic (exact) mass is 463 g/mol. The van der Waals surface area contributed by atoms with Gasteiger partial charge >= 0.3 is 5.97 Å². The van der Waals surface area contributed by atoms with Gasteiger partial charge in [0.1, 0.15) is 0 Å². The third-order valence-corrected chi connectivity index (χ3v) is 3.19. The first-order valence-corrected chi connectivity index (χ1v) is 8.57. The molecule has 0 saturated carbocycles. The van der Waals surface area contributed by atoms with Crippen LogP contribution in [-0.4, -0.2) is 44.8 Å². The molecule has 0 aliphatic rings. The topological polar surface area (TPSA) is 72.0 Å². The van der Waals surface area contributed by atoms with E-state index >= 15 is 0 Å². The second-order valence-electron chi connectivity index (χ2n) is 5.09. The van der Waals surface area contributed by atoms with E-state index in [0.717, 1.165) is 44.2 Å². The molecule has 1 aromatic carbocycles. The van der Waals surface area contributed by atoms with Crippen molar-refractivity contribution >= 4 is 35.9 Å². The van der Waals surface area contributed by atoms with Crippen molar-refractivity contribution in [1.82, 2.24) is 10.6 Å². The van der Waals surface area contributed by atoms with E-state index in [2.05, 4.69) is 15.6 Å². The minimum absolute atomic E-state index is 0. The lowest BCUT2D eigenvalue weighted by Crippen LogP contribution is -2.38. The molecule has 0 amide bonds. The molecule has 0 atom stereocenters. The fourth-order valence-electron chi connectivity index (χ4n) is 2.00. The van der Waals surface area contributed by atoms with E-state index in [1.807, 2.05) is 26.0 Å². The molecule has 0 heterocycles. The number of carbonyl (C=O) groups is 1. The summed E-state index contributed by atoms with van der Waals surface area (Å²) in [6, 6.07) is 7.33. The van der Waals surface area contributed by atoms with E-state index in [1.165, 1.54) is 0 Å². The quantitative estimate of drug-likeness (QED) is 0.184. The van der Waals surface area contributed by atoms with Gasteiger partial charge in [0, 0.05) is 26.3 Å². The van der Waals surface area contributed by atoms with Crippen LogP contribution in [-0.2, 0) is 16.0 Å². The lowest BCUT2D eigenvalue weighted by Gasteiger charge is -2.11. The van der Waals surface area contributed by atoms with Crippen LogP contribution in [0.3, 0.4) is 0 Å². The number of aliphatic imine (C=N–C) groups is 1. The molecule has 142 valence electrons. The van der Waals surface area contributed by atoms with Crippen LogP contribution in [0, 0.1) is 0 Å². The van der Waals surface area contributed by atoms with Crippen molar-refractivity contribution in [2.24, 2.45) is 4.99 Å². The molecule has 0 unspecified atom stereocenters. The molecule has 7 heteroatoms. The highest BCUT2D eigenvalue weighted by Crippen LogP contribution is 2.07. The number of ether oxygens (including phenoxy) is 2. The van der Waals surface area contributed by atoms with Gasteiger partial charge in [-0.3, -0.25) is 0 Å². The Morgan fingerprint density at radius 2 is 1.80 bits per heavy atom. The highest BCUT2D eigenvalue weighted by molar-refractivity contribution is 14.0. The maximum atomic E-state index is 11.6. The second-order valence-corrected chi connectivity index (χ2v) is 5.09. The summed E-state index contributed by atoms with van der Waals surface area (Å²) in [5.41, 5.74) is 1.60. The molecule has 0 aliphatic heterocycles. The van der Waals surface area contributed by atoms with Gasteiger partial charge in [0.15, 0.2) is 5.96 Å². The number of hydrogen-bond acceptors (Lipinski definition) is 4. The van der Waals surface area contributed by atoms with Crippen molar-refractivity contribution in [3.05, 3.63) is 35.4 Å². The number of nitrogens with one attached hydrogen (secondary N) is 2. The van der Waals surface area contributed by atoms with Gasteiger partial charge in [0.2, 0.25) is 0 Å². The minimum Gasteiger partial charge on any atom is -0.462 e. The van der Waals surface area contributed by atoms with Crippen LogP contribution in [0.5, 0.6) is 0 Å². The van der Waals surface area contributed by atoms with Crippen LogP contribution < -0.4 is 10.6 Å². The highest BCUT2D eigenvalue weighted by atomic mass is 127. The van der Waals surface area contributed by atoms with Gasteiger partial charge < -0.3 is 20.1 Å². The zero-order valence-electron chi connectivity index (χ0n) is 15.3. The van der Waals surface area contributed by atoms with E-state index in [-0.39, 0.29) is 29.9 Å². The Morgan fingerprint density at radius 3 is 2.40 bits per heavy atom. The van der Waals surface area contributed by atoms with Gasteiger partial charge in [-0.25, -0.2) is 9.79 Å². The van der Waals surface area contributed by atoms with Gasteiger partial charge in [-0.15, -0.1) is 24.0 Å². The minimum atomic E-state index is -0.295. The maximum absolute atomic E-state index is 11.6. The molecule has 0 fully saturated rings. The molecule has 0 saturated heterocycles. The predicted octanol–water partition coefficient (Wildman–Crippen LogP) is 2.96. The molecule has 0 spiro atoms. The van der Waals surface area contributed by atoms with Crippen LogP contribution in [0.25, 0.3) is 0 Å². The Kier molecular flexibility index (Phi) is 14.1. The third kappa shape index (κ3) is 10.3. The number of benzene rings is 1. The highest BCUT2D eigenvalue weighted by Gasteiger charge is 2.05. The molecular formula is C18H30IN3O3. The van der Waals surface area contributed by atoms with Crippen LogP contribution in [0.1, 0.15) is 43.1 Å². The zero-order valence-corrected chi connectivity index (χ0v) is 17.7. The fourth-order valence-corrected chi connectivity index (χ4v) is 2.00. The van der Waals surface area contributed by atoms with E-state index in [0.29, 0.717) is 18.7 Å². The summed E-state index contributed by atoms with van der Waals surface area (Å²) in [4.78, 5) is 16.2. The van der Waals surface area contributed by atoms with Gasteiger partial charge in [0.25, 0.3) is 0 Å². The van der Waals surface area contributed by atoms with Crippen molar-refractivity contribution < 1.29 is 14.3 Å². The SMILES string of the molecule is CCNC(=NCc1ccc(C(=O)OCC)cc1)NCCCOCC.I. The Labute approximate surface area is 167 Å². The fraction of sp³-hybridized carbons (Fsp3) is 0.556. The molecule has 1 aromatic rings. The lowest BCUT2D eigenvalue weighted by molar-refractivity contribution is 0.0526. The summed E-state index contributed by atoms with van der Waals surface area (Å²) < 4.78 is 10.3. The van der Waals surface area contributed by atoms with E-state index in [4.69, 9.17) is 9.47 Å². The summed E-state index contributed by atoms with van der Waals surface area (Å²) >= 11 is 0. The van der Waals surface area contributed by atoms with Gasteiger partial charge in [-0.1, -0.05) is 12.1 Å².